The van der Waals surface area contributed by atoms with Gasteiger partial charge in [-0.3, -0.25) is 4.98 Å². The highest BCUT2D eigenvalue weighted by atomic mass is 35.5. The number of pyridine rings is 1. The van der Waals surface area contributed by atoms with Crippen LogP contribution < -0.4 is 5.73 Å². The van der Waals surface area contributed by atoms with Gasteiger partial charge in [0.1, 0.15) is 11.5 Å². The number of aromatic nitrogens is 1. The van der Waals surface area contributed by atoms with Crippen LogP contribution in [0.1, 0.15) is 19.5 Å². The Balaban J connectivity index is 3.09. The van der Waals surface area contributed by atoms with Crippen molar-refractivity contribution in [1.82, 2.24) is 4.98 Å². The quantitative estimate of drug-likeness (QED) is 0.850. The number of nitrogens with zero attached hydrogens (tertiary/aromatic N) is 1. The van der Waals surface area contributed by atoms with Crippen LogP contribution in [-0.2, 0) is 10.3 Å². The van der Waals surface area contributed by atoms with Gasteiger partial charge < -0.3 is 10.5 Å². The number of nitrogens with two attached hydrogens (primary N) is 1. The lowest BCUT2D eigenvalue weighted by Crippen LogP contribution is -2.30. The van der Waals surface area contributed by atoms with E-state index >= 15 is 0 Å². The predicted molar refractivity (Wildman–Crippen MR) is 52.9 cm³/mol. The fraction of sp³-hybridized carbons (Fsp3) is 0.333. The van der Waals surface area contributed by atoms with Crippen molar-refractivity contribution in [1.29, 1.82) is 0 Å². The van der Waals surface area contributed by atoms with Gasteiger partial charge in [-0.1, -0.05) is 11.6 Å². The van der Waals surface area contributed by atoms with Crippen LogP contribution in [0.15, 0.2) is 12.3 Å². The molecule has 0 fully saturated rings. The SMILES string of the molecule is CC(C)(OC(N)=O)c1ncc(Cl)cc1F. The summed E-state index contributed by atoms with van der Waals surface area (Å²) in [5.74, 6) is -0.645. The molecule has 0 aliphatic rings. The Hall–Kier alpha value is -1.36. The van der Waals surface area contributed by atoms with Gasteiger partial charge in [-0.05, 0) is 19.9 Å². The third kappa shape index (κ3) is 2.79. The lowest BCUT2D eigenvalue weighted by atomic mass is 10.0. The van der Waals surface area contributed by atoms with E-state index < -0.39 is 17.5 Å². The molecule has 1 aromatic rings. The minimum Gasteiger partial charge on any atom is -0.437 e. The molecule has 15 heavy (non-hydrogen) atoms. The third-order valence-corrected chi connectivity index (χ3v) is 1.94. The van der Waals surface area contributed by atoms with Gasteiger partial charge >= 0.3 is 6.09 Å². The molecule has 1 heterocycles. The van der Waals surface area contributed by atoms with E-state index in [4.69, 9.17) is 22.1 Å². The zero-order valence-electron chi connectivity index (χ0n) is 8.25. The molecule has 82 valence electrons. The van der Waals surface area contributed by atoms with Crippen molar-refractivity contribution in [3.05, 3.63) is 28.8 Å². The second kappa shape index (κ2) is 4.02. The first-order valence-electron chi connectivity index (χ1n) is 4.13. The lowest BCUT2D eigenvalue weighted by molar-refractivity contribution is 0.0371. The Labute approximate surface area is 91.2 Å². The molecule has 4 nitrogen and oxygen atoms in total. The summed E-state index contributed by atoms with van der Waals surface area (Å²) in [6.07, 6.45) is 0.280. The maximum atomic E-state index is 13.4. The summed E-state index contributed by atoms with van der Waals surface area (Å²) in [5, 5.41) is 0.172. The number of rotatable bonds is 2. The van der Waals surface area contributed by atoms with Gasteiger partial charge in [0.15, 0.2) is 5.60 Å². The summed E-state index contributed by atoms with van der Waals surface area (Å²) in [5.41, 5.74) is 3.61. The molecular weight excluding hydrogens is 223 g/mol. The van der Waals surface area contributed by atoms with Crippen LogP contribution in [-0.4, -0.2) is 11.1 Å². The van der Waals surface area contributed by atoms with E-state index in [1.54, 1.807) is 0 Å². The summed E-state index contributed by atoms with van der Waals surface area (Å²) >= 11 is 5.54. The Kier molecular flexibility index (Phi) is 3.14. The molecule has 1 amide bonds. The van der Waals surface area contributed by atoms with Crippen molar-refractivity contribution in [2.24, 2.45) is 5.73 Å². The molecule has 0 radical (unpaired) electrons. The molecule has 6 heteroatoms. The molecule has 0 aromatic carbocycles. The van der Waals surface area contributed by atoms with Crippen LogP contribution in [0.25, 0.3) is 0 Å². The van der Waals surface area contributed by atoms with E-state index in [2.05, 4.69) is 4.98 Å². The minimum absolute atomic E-state index is 0.0225. The molecule has 1 aromatic heterocycles. The van der Waals surface area contributed by atoms with Gasteiger partial charge in [-0.2, -0.15) is 0 Å². The average Bonchev–Trinajstić information content (AvgIpc) is 1.99. The van der Waals surface area contributed by atoms with Crippen LogP contribution in [0.3, 0.4) is 0 Å². The standard InChI is InChI=1S/C9H10ClFN2O2/c1-9(2,15-8(12)14)7-6(11)3-5(10)4-13-7/h3-4H,1-2H3,(H2,12,14). The Morgan fingerprint density at radius 2 is 2.27 bits per heavy atom. The van der Waals surface area contributed by atoms with Gasteiger partial charge in [0.2, 0.25) is 0 Å². The topological polar surface area (TPSA) is 65.2 Å². The number of ether oxygens (including phenoxy) is 1. The fourth-order valence-corrected chi connectivity index (χ4v) is 1.30. The van der Waals surface area contributed by atoms with Gasteiger partial charge in [0, 0.05) is 6.20 Å². The number of halogens is 2. The molecule has 0 bridgehead atoms. The van der Waals surface area contributed by atoms with Crippen molar-refractivity contribution in [2.75, 3.05) is 0 Å². The van der Waals surface area contributed by atoms with Crippen molar-refractivity contribution in [3.63, 3.8) is 0 Å². The number of carbonyl (C=O) groups excluding carboxylic acids is 1. The van der Waals surface area contributed by atoms with E-state index in [1.807, 2.05) is 0 Å². The molecule has 0 aliphatic heterocycles. The summed E-state index contributed by atoms with van der Waals surface area (Å²) in [6, 6.07) is 1.09. The van der Waals surface area contributed by atoms with E-state index in [0.717, 1.165) is 6.07 Å². The Morgan fingerprint density at radius 3 is 2.73 bits per heavy atom. The summed E-state index contributed by atoms with van der Waals surface area (Å²) in [6.45, 7) is 2.97. The third-order valence-electron chi connectivity index (χ3n) is 1.73. The van der Waals surface area contributed by atoms with Crippen LogP contribution in [0.4, 0.5) is 9.18 Å². The normalized spacial score (nSPS) is 11.2. The summed E-state index contributed by atoms with van der Waals surface area (Å²) in [7, 11) is 0. The number of hydrogen-bond acceptors (Lipinski definition) is 3. The maximum Gasteiger partial charge on any atom is 0.405 e. The molecule has 2 N–H and O–H groups in total. The maximum absolute atomic E-state index is 13.4. The molecule has 0 saturated carbocycles. The van der Waals surface area contributed by atoms with Crippen molar-refractivity contribution < 1.29 is 13.9 Å². The lowest BCUT2D eigenvalue weighted by Gasteiger charge is -2.23. The second-order valence-electron chi connectivity index (χ2n) is 3.42. The molecule has 0 saturated heterocycles. The highest BCUT2D eigenvalue weighted by Gasteiger charge is 2.29. The highest BCUT2D eigenvalue weighted by Crippen LogP contribution is 2.26. The summed E-state index contributed by atoms with van der Waals surface area (Å²) < 4.78 is 18.2. The highest BCUT2D eigenvalue weighted by molar-refractivity contribution is 6.30. The largest absolute Gasteiger partial charge is 0.437 e. The van der Waals surface area contributed by atoms with Crippen LogP contribution in [0.5, 0.6) is 0 Å². The molecule has 0 unspecified atom stereocenters. The fourth-order valence-electron chi connectivity index (χ4n) is 1.16. The van der Waals surface area contributed by atoms with Gasteiger partial charge in [0.05, 0.1) is 5.02 Å². The van der Waals surface area contributed by atoms with E-state index in [1.165, 1.54) is 20.0 Å². The monoisotopic (exact) mass is 232 g/mol. The van der Waals surface area contributed by atoms with Crippen molar-refractivity contribution in [3.8, 4) is 0 Å². The van der Waals surface area contributed by atoms with Gasteiger partial charge in [-0.25, -0.2) is 9.18 Å². The van der Waals surface area contributed by atoms with Crippen LogP contribution in [0.2, 0.25) is 5.02 Å². The molecule has 0 aliphatic carbocycles. The number of carbonyl (C=O) groups is 1. The number of primary amides is 1. The Morgan fingerprint density at radius 1 is 1.67 bits per heavy atom. The zero-order chi connectivity index (χ0) is 11.6. The first-order chi connectivity index (χ1) is 6.83. The number of hydrogen-bond donors (Lipinski definition) is 1. The minimum atomic E-state index is -1.22. The average molecular weight is 233 g/mol. The van der Waals surface area contributed by atoms with Crippen molar-refractivity contribution >= 4 is 17.7 Å². The molecule has 0 spiro atoms. The molecular formula is C9H10ClFN2O2. The first kappa shape index (κ1) is 11.7. The molecule has 1 rings (SSSR count). The zero-order valence-corrected chi connectivity index (χ0v) is 9.01. The second-order valence-corrected chi connectivity index (χ2v) is 3.85. The van der Waals surface area contributed by atoms with Crippen molar-refractivity contribution in [2.45, 2.75) is 19.4 Å². The number of amides is 1. The van der Waals surface area contributed by atoms with E-state index in [0.29, 0.717) is 0 Å². The smallest absolute Gasteiger partial charge is 0.405 e. The van der Waals surface area contributed by atoms with Crippen LogP contribution in [0, 0.1) is 5.82 Å². The molecule has 0 atom stereocenters. The predicted octanol–water partition coefficient (Wildman–Crippen LogP) is 2.20. The van der Waals surface area contributed by atoms with Gasteiger partial charge in [0.25, 0.3) is 0 Å². The summed E-state index contributed by atoms with van der Waals surface area (Å²) in [4.78, 5) is 14.4. The van der Waals surface area contributed by atoms with E-state index in [9.17, 15) is 9.18 Å². The van der Waals surface area contributed by atoms with Crippen LogP contribution >= 0.6 is 11.6 Å². The Bertz CT molecular complexity index is 396. The first-order valence-corrected chi connectivity index (χ1v) is 4.50. The van der Waals surface area contributed by atoms with Gasteiger partial charge in [-0.15, -0.1) is 0 Å². The van der Waals surface area contributed by atoms with E-state index in [-0.39, 0.29) is 10.7 Å².